The van der Waals surface area contributed by atoms with Crippen LogP contribution < -0.4 is 5.73 Å². The highest BCUT2D eigenvalue weighted by Gasteiger charge is 2.11. The third kappa shape index (κ3) is 3.22. The van der Waals surface area contributed by atoms with Gasteiger partial charge in [0.05, 0.1) is 23.3 Å². The fourth-order valence-corrected chi connectivity index (χ4v) is 1.73. The summed E-state index contributed by atoms with van der Waals surface area (Å²) in [6.07, 6.45) is 6.49. The number of aromatic nitrogens is 2. The van der Waals surface area contributed by atoms with Gasteiger partial charge in [0.25, 0.3) is 0 Å². The van der Waals surface area contributed by atoms with Crippen molar-refractivity contribution in [2.24, 2.45) is 5.73 Å². The van der Waals surface area contributed by atoms with E-state index in [1.165, 1.54) is 6.92 Å². The lowest BCUT2D eigenvalue weighted by Crippen LogP contribution is -2.14. The van der Waals surface area contributed by atoms with Crippen LogP contribution in [0, 0.1) is 6.92 Å². The Labute approximate surface area is 114 Å². The lowest BCUT2D eigenvalue weighted by atomic mass is 10.1. The number of carbonyl (C=O) groups excluding carboxylic acids is 1. The number of nitrogens with zero attached hydrogens (tertiary/aromatic N) is 2. The molecule has 0 spiro atoms. The van der Waals surface area contributed by atoms with Gasteiger partial charge in [-0.15, -0.1) is 0 Å². The highest BCUT2D eigenvalue weighted by atomic mass is 16.1. The van der Waals surface area contributed by atoms with Crippen molar-refractivity contribution in [1.29, 1.82) is 0 Å². The molecule has 0 amide bonds. The van der Waals surface area contributed by atoms with Crippen molar-refractivity contribution in [1.82, 2.24) is 9.78 Å². The summed E-state index contributed by atoms with van der Waals surface area (Å²) in [5.74, 6) is -0.153. The maximum Gasteiger partial charge on any atom is 0.177 e. The van der Waals surface area contributed by atoms with Gasteiger partial charge < -0.3 is 5.73 Å². The molecule has 0 aromatic carbocycles. The van der Waals surface area contributed by atoms with Gasteiger partial charge in [-0.1, -0.05) is 19.6 Å². The van der Waals surface area contributed by atoms with Crippen molar-refractivity contribution in [2.75, 3.05) is 0 Å². The molecule has 1 heterocycles. The standard InChI is InChI=1S/C15H21N3O/c1-6-13(7-2)8-14-10(3)9-17-18(14)11(4)15(16)12(5)19/h6,8-9H,1,7,16H2,2-5H3/b13-8+,15-11-. The summed E-state index contributed by atoms with van der Waals surface area (Å²) in [6, 6.07) is 0. The zero-order valence-electron chi connectivity index (χ0n) is 12.0. The number of carbonyl (C=O) groups is 1. The lowest BCUT2D eigenvalue weighted by Gasteiger charge is -2.09. The maximum atomic E-state index is 11.4. The highest BCUT2D eigenvalue weighted by Crippen LogP contribution is 2.19. The second-order valence-electron chi connectivity index (χ2n) is 4.46. The van der Waals surface area contributed by atoms with Crippen molar-refractivity contribution in [3.8, 4) is 0 Å². The van der Waals surface area contributed by atoms with E-state index in [4.69, 9.17) is 5.73 Å². The smallest absolute Gasteiger partial charge is 0.177 e. The van der Waals surface area contributed by atoms with Crippen LogP contribution in [0.5, 0.6) is 0 Å². The van der Waals surface area contributed by atoms with Gasteiger partial charge in [0.15, 0.2) is 5.78 Å². The molecule has 102 valence electrons. The summed E-state index contributed by atoms with van der Waals surface area (Å²) >= 11 is 0. The van der Waals surface area contributed by atoms with E-state index in [-0.39, 0.29) is 11.5 Å². The molecule has 4 heteroatoms. The minimum Gasteiger partial charge on any atom is -0.394 e. The van der Waals surface area contributed by atoms with Gasteiger partial charge in [-0.3, -0.25) is 4.79 Å². The third-order valence-corrected chi connectivity index (χ3v) is 3.08. The first-order chi connectivity index (χ1) is 8.92. The molecule has 0 saturated heterocycles. The number of rotatable bonds is 5. The molecule has 0 aliphatic rings. The SMILES string of the molecule is C=C/C(=C\c1c(C)cnn1/C(C)=C(\N)C(C)=O)CC. The molecular weight excluding hydrogens is 238 g/mol. The van der Waals surface area contributed by atoms with Gasteiger partial charge in [-0.05, 0) is 37.5 Å². The molecule has 0 bridgehead atoms. The van der Waals surface area contributed by atoms with Crippen LogP contribution >= 0.6 is 0 Å². The second-order valence-corrected chi connectivity index (χ2v) is 4.46. The predicted molar refractivity (Wildman–Crippen MR) is 79.2 cm³/mol. The Morgan fingerprint density at radius 3 is 2.63 bits per heavy atom. The Bertz CT molecular complexity index is 562. The van der Waals surface area contributed by atoms with Crippen LogP contribution in [0.1, 0.15) is 38.4 Å². The highest BCUT2D eigenvalue weighted by molar-refractivity contribution is 5.97. The fourth-order valence-electron chi connectivity index (χ4n) is 1.73. The molecule has 1 aromatic rings. The van der Waals surface area contributed by atoms with Gasteiger partial charge in [0.2, 0.25) is 0 Å². The summed E-state index contributed by atoms with van der Waals surface area (Å²) in [6.45, 7) is 11.1. The molecule has 0 fully saturated rings. The quantitative estimate of drug-likeness (QED) is 0.653. The van der Waals surface area contributed by atoms with Crippen molar-refractivity contribution < 1.29 is 4.79 Å². The first kappa shape index (κ1) is 15.0. The van der Waals surface area contributed by atoms with Crippen molar-refractivity contribution >= 4 is 17.6 Å². The van der Waals surface area contributed by atoms with E-state index in [1.807, 2.05) is 19.1 Å². The van der Waals surface area contributed by atoms with E-state index < -0.39 is 0 Å². The van der Waals surface area contributed by atoms with Gasteiger partial charge in [-0.2, -0.15) is 5.10 Å². The number of allylic oxidation sites excluding steroid dienone is 4. The molecule has 4 nitrogen and oxygen atoms in total. The first-order valence-corrected chi connectivity index (χ1v) is 6.27. The summed E-state index contributed by atoms with van der Waals surface area (Å²) in [7, 11) is 0. The summed E-state index contributed by atoms with van der Waals surface area (Å²) in [4.78, 5) is 11.4. The molecule has 0 aliphatic heterocycles. The van der Waals surface area contributed by atoms with Crippen molar-refractivity contribution in [3.63, 3.8) is 0 Å². The maximum absolute atomic E-state index is 11.4. The van der Waals surface area contributed by atoms with Crippen LogP contribution in [0.15, 0.2) is 30.1 Å². The number of hydrogen-bond donors (Lipinski definition) is 1. The van der Waals surface area contributed by atoms with Gasteiger partial charge in [0.1, 0.15) is 0 Å². The second kappa shape index (κ2) is 6.18. The summed E-state index contributed by atoms with van der Waals surface area (Å²) in [5.41, 5.74) is 9.74. The minimum absolute atomic E-state index is 0.153. The largest absolute Gasteiger partial charge is 0.394 e. The van der Waals surface area contributed by atoms with Crippen LogP contribution in [0.25, 0.3) is 11.8 Å². The summed E-state index contributed by atoms with van der Waals surface area (Å²) in [5, 5.41) is 4.29. The Balaban J connectivity index is 3.41. The fraction of sp³-hybridized carbons (Fsp3) is 0.333. The topological polar surface area (TPSA) is 60.9 Å². The number of ketones is 1. The lowest BCUT2D eigenvalue weighted by molar-refractivity contribution is -0.113. The number of Topliss-reactive ketones (excluding diaryl/α,β-unsaturated/α-hetero) is 1. The van der Waals surface area contributed by atoms with E-state index in [1.54, 1.807) is 17.8 Å². The molecule has 1 rings (SSSR count). The predicted octanol–water partition coefficient (Wildman–Crippen LogP) is 2.91. The third-order valence-electron chi connectivity index (χ3n) is 3.08. The Morgan fingerprint density at radius 2 is 2.16 bits per heavy atom. The molecule has 0 radical (unpaired) electrons. The molecule has 1 aromatic heterocycles. The molecule has 2 N–H and O–H groups in total. The van der Waals surface area contributed by atoms with E-state index >= 15 is 0 Å². The van der Waals surface area contributed by atoms with E-state index in [0.717, 1.165) is 23.3 Å². The monoisotopic (exact) mass is 259 g/mol. The van der Waals surface area contributed by atoms with Gasteiger partial charge >= 0.3 is 0 Å². The first-order valence-electron chi connectivity index (χ1n) is 6.27. The number of nitrogens with two attached hydrogens (primary N) is 1. The zero-order valence-corrected chi connectivity index (χ0v) is 12.0. The van der Waals surface area contributed by atoms with Gasteiger partial charge in [0, 0.05) is 6.92 Å². The molecular formula is C15H21N3O. The van der Waals surface area contributed by atoms with Crippen LogP contribution in [-0.4, -0.2) is 15.6 Å². The number of aryl methyl sites for hydroxylation is 1. The van der Waals surface area contributed by atoms with E-state index in [2.05, 4.69) is 18.6 Å². The van der Waals surface area contributed by atoms with E-state index in [0.29, 0.717) is 5.70 Å². The average Bonchev–Trinajstić information content (AvgIpc) is 2.75. The molecule has 0 aliphatic carbocycles. The summed E-state index contributed by atoms with van der Waals surface area (Å²) < 4.78 is 1.70. The Hall–Kier alpha value is -2.10. The van der Waals surface area contributed by atoms with Crippen LogP contribution in [0.3, 0.4) is 0 Å². The van der Waals surface area contributed by atoms with Crippen LogP contribution in [0.2, 0.25) is 0 Å². The molecule has 19 heavy (non-hydrogen) atoms. The molecule has 0 atom stereocenters. The molecule has 0 saturated carbocycles. The van der Waals surface area contributed by atoms with E-state index in [9.17, 15) is 4.79 Å². The van der Waals surface area contributed by atoms with Crippen molar-refractivity contribution in [2.45, 2.75) is 34.1 Å². The Morgan fingerprint density at radius 1 is 1.53 bits per heavy atom. The Kier molecular flexibility index (Phi) is 4.87. The minimum atomic E-state index is -0.153. The average molecular weight is 259 g/mol. The van der Waals surface area contributed by atoms with Crippen LogP contribution in [0.4, 0.5) is 0 Å². The molecule has 0 unspecified atom stereocenters. The normalized spacial score (nSPS) is 13.2. The number of hydrogen-bond acceptors (Lipinski definition) is 3. The zero-order chi connectivity index (χ0) is 14.6. The van der Waals surface area contributed by atoms with Crippen molar-refractivity contribution in [3.05, 3.63) is 41.4 Å². The van der Waals surface area contributed by atoms with Crippen LogP contribution in [-0.2, 0) is 4.79 Å². The van der Waals surface area contributed by atoms with Gasteiger partial charge in [-0.25, -0.2) is 4.68 Å².